The summed E-state index contributed by atoms with van der Waals surface area (Å²) in [4.78, 5) is 9.82. The number of piperidine rings is 1. The van der Waals surface area contributed by atoms with Crippen LogP contribution in [0.5, 0.6) is 0 Å². The summed E-state index contributed by atoms with van der Waals surface area (Å²) in [5.74, 6) is 1.67. The van der Waals surface area contributed by atoms with E-state index in [1.165, 1.54) is 35.7 Å². The first-order valence-electron chi connectivity index (χ1n) is 9.05. The lowest BCUT2D eigenvalue weighted by Gasteiger charge is -2.32. The molecule has 0 amide bonds. The second kappa shape index (κ2) is 9.94. The molecule has 0 aromatic carbocycles. The van der Waals surface area contributed by atoms with Crippen molar-refractivity contribution in [3.05, 3.63) is 44.8 Å². The lowest BCUT2D eigenvalue weighted by molar-refractivity contribution is 0.179. The van der Waals surface area contributed by atoms with Crippen molar-refractivity contribution in [2.45, 2.75) is 25.8 Å². The molecule has 3 rings (SSSR count). The first kappa shape index (κ1) is 18.4. The van der Waals surface area contributed by atoms with Crippen molar-refractivity contribution in [2.75, 3.05) is 33.2 Å². The highest BCUT2D eigenvalue weighted by molar-refractivity contribution is 7.10. The van der Waals surface area contributed by atoms with Gasteiger partial charge in [0.25, 0.3) is 0 Å². The molecule has 0 unspecified atom stereocenters. The molecule has 0 saturated carbocycles. The van der Waals surface area contributed by atoms with Gasteiger partial charge in [0.1, 0.15) is 0 Å². The third-order valence-electron chi connectivity index (χ3n) is 4.69. The van der Waals surface area contributed by atoms with E-state index in [4.69, 9.17) is 0 Å². The first-order valence-corrected chi connectivity index (χ1v) is 10.8. The Morgan fingerprint density at radius 3 is 2.48 bits per heavy atom. The predicted octanol–water partition coefficient (Wildman–Crippen LogP) is 3.43. The molecule has 2 aromatic heterocycles. The standard InChI is InChI=1S/C19H28N4S2/c1-20-19(21-9-6-17-4-2-12-24-17)22-14-16-7-10-23(11-8-16)15-18-5-3-13-25-18/h2-5,12-13,16H,6-11,14-15H2,1H3,(H2,20,21,22). The highest BCUT2D eigenvalue weighted by Gasteiger charge is 2.19. The van der Waals surface area contributed by atoms with Crippen LogP contribution < -0.4 is 10.6 Å². The number of rotatable bonds is 7. The maximum Gasteiger partial charge on any atom is 0.190 e. The van der Waals surface area contributed by atoms with Gasteiger partial charge in [0.05, 0.1) is 0 Å². The predicted molar refractivity (Wildman–Crippen MR) is 110 cm³/mol. The van der Waals surface area contributed by atoms with Crippen molar-refractivity contribution in [3.63, 3.8) is 0 Å². The molecule has 0 spiro atoms. The van der Waals surface area contributed by atoms with Crippen LogP contribution in [-0.2, 0) is 13.0 Å². The Morgan fingerprint density at radius 2 is 1.84 bits per heavy atom. The molecule has 6 heteroatoms. The molecule has 2 aromatic rings. The van der Waals surface area contributed by atoms with Gasteiger partial charge in [-0.1, -0.05) is 12.1 Å². The molecule has 1 fully saturated rings. The lowest BCUT2D eigenvalue weighted by Crippen LogP contribution is -2.43. The van der Waals surface area contributed by atoms with Crippen LogP contribution in [0.4, 0.5) is 0 Å². The van der Waals surface area contributed by atoms with E-state index in [0.29, 0.717) is 0 Å². The van der Waals surface area contributed by atoms with E-state index in [9.17, 15) is 0 Å². The van der Waals surface area contributed by atoms with E-state index in [2.05, 4.69) is 55.6 Å². The zero-order valence-corrected chi connectivity index (χ0v) is 16.5. The van der Waals surface area contributed by atoms with Crippen molar-refractivity contribution >= 4 is 28.6 Å². The molecule has 0 atom stereocenters. The van der Waals surface area contributed by atoms with Crippen LogP contribution in [0.1, 0.15) is 22.6 Å². The molecular weight excluding hydrogens is 348 g/mol. The number of thiophene rings is 2. The minimum absolute atomic E-state index is 0.746. The number of hydrogen-bond donors (Lipinski definition) is 2. The maximum absolute atomic E-state index is 4.34. The van der Waals surface area contributed by atoms with Crippen molar-refractivity contribution in [1.29, 1.82) is 0 Å². The van der Waals surface area contributed by atoms with Gasteiger partial charge in [-0.3, -0.25) is 9.89 Å². The summed E-state index contributed by atoms with van der Waals surface area (Å²) in [7, 11) is 1.85. The van der Waals surface area contributed by atoms with Crippen molar-refractivity contribution in [3.8, 4) is 0 Å². The van der Waals surface area contributed by atoms with Crippen LogP contribution in [-0.4, -0.2) is 44.1 Å². The average molecular weight is 377 g/mol. The minimum atomic E-state index is 0.746. The van der Waals surface area contributed by atoms with Gasteiger partial charge in [0, 0.05) is 36.4 Å². The Balaban J connectivity index is 1.31. The van der Waals surface area contributed by atoms with Crippen LogP contribution in [0.15, 0.2) is 40.0 Å². The first-order chi connectivity index (χ1) is 12.3. The third-order valence-corrected chi connectivity index (χ3v) is 6.49. The normalized spacial score (nSPS) is 16.9. The third kappa shape index (κ3) is 6.13. The number of guanidine groups is 1. The second-order valence-corrected chi connectivity index (χ2v) is 8.57. The van der Waals surface area contributed by atoms with E-state index in [1.807, 2.05) is 29.7 Å². The fourth-order valence-electron chi connectivity index (χ4n) is 3.19. The SMILES string of the molecule is CN=C(NCCc1cccs1)NCC1CCN(Cc2cccs2)CC1. The molecule has 25 heavy (non-hydrogen) atoms. The number of likely N-dealkylation sites (tertiary alicyclic amines) is 1. The van der Waals surface area contributed by atoms with Gasteiger partial charge < -0.3 is 10.6 Å². The van der Waals surface area contributed by atoms with Crippen LogP contribution in [0.2, 0.25) is 0 Å². The number of nitrogens with one attached hydrogen (secondary N) is 2. The van der Waals surface area contributed by atoms with Crippen LogP contribution in [0.3, 0.4) is 0 Å². The summed E-state index contributed by atoms with van der Waals surface area (Å²) >= 11 is 3.68. The smallest absolute Gasteiger partial charge is 0.190 e. The molecule has 4 nitrogen and oxygen atoms in total. The van der Waals surface area contributed by atoms with Crippen LogP contribution in [0, 0.1) is 5.92 Å². The molecule has 0 aliphatic carbocycles. The quantitative estimate of drug-likeness (QED) is 0.574. The highest BCUT2D eigenvalue weighted by atomic mass is 32.1. The highest BCUT2D eigenvalue weighted by Crippen LogP contribution is 2.20. The Labute approximate surface area is 159 Å². The fourth-order valence-corrected chi connectivity index (χ4v) is 4.65. The topological polar surface area (TPSA) is 39.7 Å². The van der Waals surface area contributed by atoms with Gasteiger partial charge >= 0.3 is 0 Å². The minimum Gasteiger partial charge on any atom is -0.356 e. The molecule has 0 radical (unpaired) electrons. The second-order valence-electron chi connectivity index (χ2n) is 6.51. The Bertz CT molecular complexity index is 614. The van der Waals surface area contributed by atoms with E-state index in [-0.39, 0.29) is 0 Å². The van der Waals surface area contributed by atoms with Gasteiger partial charge in [-0.2, -0.15) is 0 Å². The summed E-state index contributed by atoms with van der Waals surface area (Å²) in [6.45, 7) is 5.47. The van der Waals surface area contributed by atoms with Crippen LogP contribution >= 0.6 is 22.7 Å². The van der Waals surface area contributed by atoms with E-state index in [0.717, 1.165) is 37.9 Å². The van der Waals surface area contributed by atoms with Gasteiger partial charge in [0.2, 0.25) is 0 Å². The van der Waals surface area contributed by atoms with E-state index >= 15 is 0 Å². The average Bonchev–Trinajstić information content (AvgIpc) is 3.33. The molecule has 136 valence electrons. The Morgan fingerprint density at radius 1 is 1.12 bits per heavy atom. The summed E-state index contributed by atoms with van der Waals surface area (Å²) < 4.78 is 0. The summed E-state index contributed by atoms with van der Waals surface area (Å²) in [5, 5.41) is 11.2. The summed E-state index contributed by atoms with van der Waals surface area (Å²) in [6.07, 6.45) is 3.59. The summed E-state index contributed by atoms with van der Waals surface area (Å²) in [5.41, 5.74) is 0. The molecule has 1 aliphatic heterocycles. The van der Waals surface area contributed by atoms with Gasteiger partial charge in [-0.15, -0.1) is 22.7 Å². The molecule has 2 N–H and O–H groups in total. The molecule has 3 heterocycles. The molecule has 1 aliphatic rings. The fraction of sp³-hybridized carbons (Fsp3) is 0.526. The molecule has 0 bridgehead atoms. The summed E-state index contributed by atoms with van der Waals surface area (Å²) in [6, 6.07) is 8.68. The zero-order chi connectivity index (χ0) is 17.3. The zero-order valence-electron chi connectivity index (χ0n) is 14.9. The monoisotopic (exact) mass is 376 g/mol. The Kier molecular flexibility index (Phi) is 7.33. The van der Waals surface area contributed by atoms with Crippen molar-refractivity contribution < 1.29 is 0 Å². The van der Waals surface area contributed by atoms with E-state index in [1.54, 1.807) is 0 Å². The van der Waals surface area contributed by atoms with Crippen molar-refractivity contribution in [1.82, 2.24) is 15.5 Å². The number of aliphatic imine (C=N–C) groups is 1. The number of hydrogen-bond acceptors (Lipinski definition) is 4. The lowest BCUT2D eigenvalue weighted by atomic mass is 9.97. The van der Waals surface area contributed by atoms with E-state index < -0.39 is 0 Å². The molecule has 1 saturated heterocycles. The van der Waals surface area contributed by atoms with Gasteiger partial charge in [-0.05, 0) is 61.2 Å². The van der Waals surface area contributed by atoms with Gasteiger partial charge in [-0.25, -0.2) is 0 Å². The molecular formula is C19H28N4S2. The van der Waals surface area contributed by atoms with Gasteiger partial charge in [0.15, 0.2) is 5.96 Å². The van der Waals surface area contributed by atoms with Crippen molar-refractivity contribution in [2.24, 2.45) is 10.9 Å². The number of nitrogens with zero attached hydrogens (tertiary/aromatic N) is 2. The maximum atomic E-state index is 4.34. The van der Waals surface area contributed by atoms with Crippen LogP contribution in [0.25, 0.3) is 0 Å². The Hall–Kier alpha value is -1.37. The largest absolute Gasteiger partial charge is 0.356 e.